The van der Waals surface area contributed by atoms with Gasteiger partial charge in [-0.15, -0.1) is 0 Å². The molecule has 1 saturated carbocycles. The standard InChI is InChI=1S/C20H22N4O2S/c1-24-18-13(11-17(19(24)26)27-16-5-3-2-4-6-16)12-21-20(23-18)22-14-7-9-15(25)10-8-14/h2-6,11-12,14-15,25H,7-10H2,1H3,(H,21,22,23)/t14-,15-. The van der Waals surface area contributed by atoms with Crippen LogP contribution in [0.15, 0.2) is 57.2 Å². The molecule has 2 N–H and O–H groups in total. The first-order chi connectivity index (χ1) is 13.1. The number of benzene rings is 1. The third-order valence-electron chi connectivity index (χ3n) is 4.92. The highest BCUT2D eigenvalue weighted by molar-refractivity contribution is 7.99. The summed E-state index contributed by atoms with van der Waals surface area (Å²) in [5, 5.41) is 13.8. The van der Waals surface area contributed by atoms with Gasteiger partial charge in [-0.25, -0.2) is 4.98 Å². The molecule has 0 saturated heterocycles. The van der Waals surface area contributed by atoms with Gasteiger partial charge in [0.25, 0.3) is 5.56 Å². The molecular formula is C20H22N4O2S. The third-order valence-corrected chi connectivity index (χ3v) is 5.94. The smallest absolute Gasteiger partial charge is 0.265 e. The van der Waals surface area contributed by atoms with Crippen molar-refractivity contribution in [3.63, 3.8) is 0 Å². The van der Waals surface area contributed by atoms with Gasteiger partial charge in [-0.2, -0.15) is 4.98 Å². The van der Waals surface area contributed by atoms with Gasteiger partial charge in [0.15, 0.2) is 0 Å². The van der Waals surface area contributed by atoms with E-state index >= 15 is 0 Å². The van der Waals surface area contributed by atoms with Gasteiger partial charge in [-0.3, -0.25) is 9.36 Å². The lowest BCUT2D eigenvalue weighted by atomic mass is 9.93. The molecule has 3 aromatic rings. The highest BCUT2D eigenvalue weighted by Gasteiger charge is 2.20. The maximum absolute atomic E-state index is 12.8. The van der Waals surface area contributed by atoms with Crippen molar-refractivity contribution in [1.29, 1.82) is 0 Å². The van der Waals surface area contributed by atoms with Gasteiger partial charge in [-0.05, 0) is 43.9 Å². The summed E-state index contributed by atoms with van der Waals surface area (Å²) in [4.78, 5) is 23.4. The number of nitrogens with one attached hydrogen (secondary N) is 1. The summed E-state index contributed by atoms with van der Waals surface area (Å²) in [6, 6.07) is 12.0. The van der Waals surface area contributed by atoms with E-state index in [1.165, 1.54) is 11.8 Å². The van der Waals surface area contributed by atoms with E-state index < -0.39 is 0 Å². The van der Waals surface area contributed by atoms with Crippen molar-refractivity contribution in [3.05, 3.63) is 52.9 Å². The van der Waals surface area contributed by atoms with Crippen LogP contribution in [-0.2, 0) is 7.05 Å². The summed E-state index contributed by atoms with van der Waals surface area (Å²) in [5.74, 6) is 0.530. The molecule has 27 heavy (non-hydrogen) atoms. The molecule has 0 radical (unpaired) electrons. The van der Waals surface area contributed by atoms with E-state index in [1.807, 2.05) is 36.4 Å². The lowest BCUT2D eigenvalue weighted by molar-refractivity contribution is 0.126. The summed E-state index contributed by atoms with van der Waals surface area (Å²) < 4.78 is 1.58. The van der Waals surface area contributed by atoms with Gasteiger partial charge in [-0.1, -0.05) is 30.0 Å². The Labute approximate surface area is 161 Å². The Balaban J connectivity index is 1.61. The summed E-state index contributed by atoms with van der Waals surface area (Å²) in [5.41, 5.74) is 0.549. The number of anilines is 1. The van der Waals surface area contributed by atoms with Crippen LogP contribution in [0.4, 0.5) is 5.95 Å². The van der Waals surface area contributed by atoms with Crippen molar-refractivity contribution in [2.45, 2.75) is 47.6 Å². The predicted octanol–water partition coefficient (Wildman–Crippen LogP) is 3.20. The molecular weight excluding hydrogens is 360 g/mol. The average molecular weight is 382 g/mol. The van der Waals surface area contributed by atoms with Crippen LogP contribution in [0.2, 0.25) is 0 Å². The van der Waals surface area contributed by atoms with Gasteiger partial charge < -0.3 is 10.4 Å². The third kappa shape index (κ3) is 3.99. The maximum atomic E-state index is 12.8. The Morgan fingerprint density at radius 2 is 1.93 bits per heavy atom. The minimum absolute atomic E-state index is 0.0678. The molecule has 0 amide bonds. The molecule has 0 bridgehead atoms. The van der Waals surface area contributed by atoms with Gasteiger partial charge in [0.2, 0.25) is 5.95 Å². The van der Waals surface area contributed by atoms with Crippen LogP contribution in [0.1, 0.15) is 25.7 Å². The molecule has 1 aliphatic carbocycles. The maximum Gasteiger partial charge on any atom is 0.265 e. The molecule has 0 spiro atoms. The Morgan fingerprint density at radius 1 is 1.19 bits per heavy atom. The molecule has 140 valence electrons. The zero-order valence-corrected chi connectivity index (χ0v) is 15.9. The Morgan fingerprint density at radius 3 is 2.67 bits per heavy atom. The number of hydrogen-bond donors (Lipinski definition) is 2. The first-order valence-electron chi connectivity index (χ1n) is 9.14. The van der Waals surface area contributed by atoms with Gasteiger partial charge in [0.05, 0.1) is 11.0 Å². The van der Waals surface area contributed by atoms with Crippen LogP contribution in [0.5, 0.6) is 0 Å². The highest BCUT2D eigenvalue weighted by atomic mass is 32.2. The van der Waals surface area contributed by atoms with Crippen LogP contribution in [0, 0.1) is 0 Å². The number of aliphatic hydroxyl groups is 1. The molecule has 0 aliphatic heterocycles. The van der Waals surface area contributed by atoms with Gasteiger partial charge >= 0.3 is 0 Å². The predicted molar refractivity (Wildman–Crippen MR) is 107 cm³/mol. The zero-order valence-electron chi connectivity index (χ0n) is 15.1. The largest absolute Gasteiger partial charge is 0.393 e. The molecule has 6 nitrogen and oxygen atoms in total. The number of aryl methyl sites for hydroxylation is 1. The number of aliphatic hydroxyl groups excluding tert-OH is 1. The molecule has 0 unspecified atom stereocenters. The van der Waals surface area contributed by atoms with E-state index in [0.29, 0.717) is 16.5 Å². The molecule has 1 aromatic carbocycles. The van der Waals surface area contributed by atoms with Crippen molar-refractivity contribution in [2.24, 2.45) is 7.05 Å². The number of hydrogen-bond acceptors (Lipinski definition) is 6. The number of fused-ring (bicyclic) bond motifs is 1. The monoisotopic (exact) mass is 382 g/mol. The van der Waals surface area contributed by atoms with Crippen molar-refractivity contribution in [3.8, 4) is 0 Å². The van der Waals surface area contributed by atoms with E-state index in [2.05, 4.69) is 15.3 Å². The normalized spacial score (nSPS) is 19.9. The van der Waals surface area contributed by atoms with Crippen molar-refractivity contribution in [1.82, 2.24) is 14.5 Å². The topological polar surface area (TPSA) is 80.0 Å². The van der Waals surface area contributed by atoms with E-state index in [9.17, 15) is 9.90 Å². The Bertz CT molecular complexity index is 998. The summed E-state index contributed by atoms with van der Waals surface area (Å²) in [7, 11) is 1.74. The second-order valence-electron chi connectivity index (χ2n) is 6.91. The Kier molecular flexibility index (Phi) is 5.13. The average Bonchev–Trinajstić information content (AvgIpc) is 2.69. The fourth-order valence-corrected chi connectivity index (χ4v) is 4.34. The quantitative estimate of drug-likeness (QED) is 0.721. The second-order valence-corrected chi connectivity index (χ2v) is 8.03. The fraction of sp³-hybridized carbons (Fsp3) is 0.350. The summed E-state index contributed by atoms with van der Waals surface area (Å²) >= 11 is 1.45. The van der Waals surface area contributed by atoms with Crippen molar-refractivity contribution < 1.29 is 5.11 Å². The summed E-state index contributed by atoms with van der Waals surface area (Å²) in [6.07, 6.45) is 4.95. The number of nitrogens with zero attached hydrogens (tertiary/aromatic N) is 3. The first-order valence-corrected chi connectivity index (χ1v) is 9.96. The zero-order chi connectivity index (χ0) is 18.8. The van der Waals surface area contributed by atoms with E-state index in [0.717, 1.165) is 36.0 Å². The van der Waals surface area contributed by atoms with E-state index in [1.54, 1.807) is 17.8 Å². The van der Waals surface area contributed by atoms with E-state index in [4.69, 9.17) is 0 Å². The van der Waals surface area contributed by atoms with Crippen molar-refractivity contribution >= 4 is 28.7 Å². The molecule has 1 aliphatic rings. The number of pyridine rings is 1. The van der Waals surface area contributed by atoms with Crippen LogP contribution in [0.25, 0.3) is 11.0 Å². The lowest BCUT2D eigenvalue weighted by Gasteiger charge is -2.26. The molecule has 2 aromatic heterocycles. The second kappa shape index (κ2) is 7.70. The van der Waals surface area contributed by atoms with Crippen LogP contribution >= 0.6 is 11.8 Å². The van der Waals surface area contributed by atoms with Crippen LogP contribution in [0.3, 0.4) is 0 Å². The molecule has 1 fully saturated rings. The molecule has 0 atom stereocenters. The van der Waals surface area contributed by atoms with Gasteiger partial charge in [0.1, 0.15) is 5.65 Å². The van der Waals surface area contributed by atoms with Crippen LogP contribution in [-0.4, -0.2) is 31.8 Å². The molecule has 2 heterocycles. The molecule has 7 heteroatoms. The minimum atomic E-state index is -0.193. The Hall–Kier alpha value is -2.38. The SMILES string of the molecule is Cn1c(=O)c(Sc2ccccc2)cc2cnc(N[C@H]3CC[C@H](O)CC3)nc21. The highest BCUT2D eigenvalue weighted by Crippen LogP contribution is 2.27. The number of aromatic nitrogens is 3. The van der Waals surface area contributed by atoms with E-state index in [-0.39, 0.29) is 17.7 Å². The van der Waals surface area contributed by atoms with Gasteiger partial charge in [0, 0.05) is 29.6 Å². The molecule has 4 rings (SSSR count). The fourth-order valence-electron chi connectivity index (χ4n) is 3.38. The van der Waals surface area contributed by atoms with Crippen molar-refractivity contribution in [2.75, 3.05) is 5.32 Å². The minimum Gasteiger partial charge on any atom is -0.393 e. The first kappa shape index (κ1) is 18.0. The number of rotatable bonds is 4. The lowest BCUT2D eigenvalue weighted by Crippen LogP contribution is -2.29. The summed E-state index contributed by atoms with van der Waals surface area (Å²) in [6.45, 7) is 0. The van der Waals surface area contributed by atoms with Crippen LogP contribution < -0.4 is 10.9 Å².